The molecule has 0 radical (unpaired) electrons. The van der Waals surface area contributed by atoms with E-state index < -0.39 is 0 Å². The van der Waals surface area contributed by atoms with Crippen molar-refractivity contribution < 1.29 is 18.6 Å². The van der Waals surface area contributed by atoms with Crippen molar-refractivity contribution in [2.75, 3.05) is 34.4 Å². The van der Waals surface area contributed by atoms with Crippen LogP contribution in [-0.2, 0) is 6.54 Å². The molecule has 0 saturated heterocycles. The first-order valence-corrected chi connectivity index (χ1v) is 8.53. The third kappa shape index (κ3) is 3.27. The van der Waals surface area contributed by atoms with Gasteiger partial charge in [0.15, 0.2) is 17.3 Å². The SMILES string of the molecule is C=CCN1Cc2c(cc(OC)c(OC)c2F)C(c2ccc(OC)cc2)C1. The van der Waals surface area contributed by atoms with Crippen LogP contribution in [0.15, 0.2) is 43.0 Å². The van der Waals surface area contributed by atoms with Gasteiger partial charge in [-0.3, -0.25) is 4.90 Å². The number of fused-ring (bicyclic) bond motifs is 1. The molecule has 0 N–H and O–H groups in total. The van der Waals surface area contributed by atoms with E-state index in [1.165, 1.54) is 14.2 Å². The van der Waals surface area contributed by atoms with E-state index in [1.54, 1.807) is 7.11 Å². The fraction of sp³-hybridized carbons (Fsp3) is 0.333. The minimum Gasteiger partial charge on any atom is -0.497 e. The fourth-order valence-electron chi connectivity index (χ4n) is 3.57. The molecule has 0 aromatic heterocycles. The monoisotopic (exact) mass is 357 g/mol. The van der Waals surface area contributed by atoms with Gasteiger partial charge in [-0.1, -0.05) is 18.2 Å². The molecule has 0 aliphatic carbocycles. The molecule has 4 nitrogen and oxygen atoms in total. The van der Waals surface area contributed by atoms with Crippen LogP contribution in [-0.4, -0.2) is 39.3 Å². The number of benzene rings is 2. The first-order valence-electron chi connectivity index (χ1n) is 8.53. The lowest BCUT2D eigenvalue weighted by atomic mass is 9.84. The number of hydrogen-bond acceptors (Lipinski definition) is 4. The molecule has 0 bridgehead atoms. The van der Waals surface area contributed by atoms with Crippen LogP contribution >= 0.6 is 0 Å². The van der Waals surface area contributed by atoms with E-state index in [4.69, 9.17) is 14.2 Å². The molecule has 5 heteroatoms. The van der Waals surface area contributed by atoms with Crippen molar-refractivity contribution >= 4 is 0 Å². The van der Waals surface area contributed by atoms with Crippen LogP contribution in [0.3, 0.4) is 0 Å². The van der Waals surface area contributed by atoms with Crippen molar-refractivity contribution in [2.45, 2.75) is 12.5 Å². The summed E-state index contributed by atoms with van der Waals surface area (Å²) in [7, 11) is 4.63. The van der Waals surface area contributed by atoms with E-state index >= 15 is 4.39 Å². The smallest absolute Gasteiger partial charge is 0.197 e. The average molecular weight is 357 g/mol. The highest BCUT2D eigenvalue weighted by atomic mass is 19.1. The second kappa shape index (κ2) is 7.79. The van der Waals surface area contributed by atoms with Crippen LogP contribution in [0.4, 0.5) is 4.39 Å². The summed E-state index contributed by atoms with van der Waals surface area (Å²) in [4.78, 5) is 2.18. The molecule has 0 amide bonds. The average Bonchev–Trinajstić information content (AvgIpc) is 2.68. The van der Waals surface area contributed by atoms with Gasteiger partial charge in [-0.15, -0.1) is 6.58 Å². The van der Waals surface area contributed by atoms with Crippen LogP contribution in [0.5, 0.6) is 17.2 Å². The lowest BCUT2D eigenvalue weighted by Crippen LogP contribution is -2.35. The number of hydrogen-bond donors (Lipinski definition) is 0. The lowest BCUT2D eigenvalue weighted by Gasteiger charge is -2.35. The molecule has 138 valence electrons. The third-order valence-corrected chi connectivity index (χ3v) is 4.85. The molecule has 1 heterocycles. The summed E-state index contributed by atoms with van der Waals surface area (Å²) in [5.41, 5.74) is 2.69. The number of nitrogens with zero attached hydrogens (tertiary/aromatic N) is 1. The zero-order valence-corrected chi connectivity index (χ0v) is 15.4. The molecule has 0 fully saturated rings. The molecule has 2 aromatic rings. The van der Waals surface area contributed by atoms with Gasteiger partial charge in [0, 0.05) is 31.1 Å². The molecular formula is C21H24FNO3. The van der Waals surface area contributed by atoms with Crippen molar-refractivity contribution in [1.82, 2.24) is 4.90 Å². The molecule has 1 aliphatic rings. The van der Waals surface area contributed by atoms with Gasteiger partial charge in [-0.05, 0) is 29.3 Å². The van der Waals surface area contributed by atoms with Gasteiger partial charge in [0.2, 0.25) is 0 Å². The highest BCUT2D eigenvalue weighted by Gasteiger charge is 2.31. The standard InChI is InChI=1S/C21H24FNO3/c1-5-10-23-12-17(14-6-8-15(24-2)9-7-14)16-11-19(25-3)21(26-4)20(22)18(16)13-23/h5-9,11,17H,1,10,12-13H2,2-4H3. The van der Waals surface area contributed by atoms with E-state index in [0.717, 1.165) is 23.4 Å². The summed E-state index contributed by atoms with van der Waals surface area (Å²) in [6, 6.07) is 9.81. The minimum absolute atomic E-state index is 0.0268. The van der Waals surface area contributed by atoms with Crippen LogP contribution in [0.25, 0.3) is 0 Å². The normalized spacial score (nSPS) is 16.7. The minimum atomic E-state index is -0.353. The van der Waals surface area contributed by atoms with Gasteiger partial charge in [-0.2, -0.15) is 0 Å². The summed E-state index contributed by atoms with van der Waals surface area (Å²) in [5, 5.41) is 0. The Balaban J connectivity index is 2.13. The molecule has 0 saturated carbocycles. The molecule has 1 atom stereocenters. The summed E-state index contributed by atoms with van der Waals surface area (Å²) >= 11 is 0. The number of halogens is 1. The Kier molecular flexibility index (Phi) is 5.47. The summed E-state index contributed by atoms with van der Waals surface area (Å²) in [6.45, 7) is 5.80. The lowest BCUT2D eigenvalue weighted by molar-refractivity contribution is 0.255. The molecule has 26 heavy (non-hydrogen) atoms. The Morgan fingerprint density at radius 2 is 1.88 bits per heavy atom. The Labute approximate surface area is 153 Å². The zero-order valence-electron chi connectivity index (χ0n) is 15.4. The molecule has 2 aromatic carbocycles. The van der Waals surface area contributed by atoms with Crippen molar-refractivity contribution in [1.29, 1.82) is 0 Å². The fourth-order valence-corrected chi connectivity index (χ4v) is 3.57. The van der Waals surface area contributed by atoms with Crippen molar-refractivity contribution in [2.24, 2.45) is 0 Å². The summed E-state index contributed by atoms with van der Waals surface area (Å²) < 4.78 is 31.0. The Morgan fingerprint density at radius 1 is 1.15 bits per heavy atom. The summed E-state index contributed by atoms with van der Waals surface area (Å²) in [6.07, 6.45) is 1.84. The maximum absolute atomic E-state index is 15.1. The molecule has 1 unspecified atom stereocenters. The topological polar surface area (TPSA) is 30.9 Å². The quantitative estimate of drug-likeness (QED) is 0.732. The van der Waals surface area contributed by atoms with Gasteiger partial charge in [0.25, 0.3) is 0 Å². The molecule has 3 rings (SSSR count). The molecule has 1 aliphatic heterocycles. The predicted octanol–water partition coefficient (Wildman–Crippen LogP) is 3.99. The molecule has 0 spiro atoms. The van der Waals surface area contributed by atoms with Crippen molar-refractivity contribution in [3.8, 4) is 17.2 Å². The maximum atomic E-state index is 15.1. The van der Waals surface area contributed by atoms with Gasteiger partial charge < -0.3 is 14.2 Å². The Morgan fingerprint density at radius 3 is 2.46 bits per heavy atom. The first kappa shape index (κ1) is 18.3. The second-order valence-electron chi connectivity index (χ2n) is 6.30. The van der Waals surface area contributed by atoms with Gasteiger partial charge >= 0.3 is 0 Å². The van der Waals surface area contributed by atoms with Crippen LogP contribution in [0.1, 0.15) is 22.6 Å². The van der Waals surface area contributed by atoms with Gasteiger partial charge in [0.05, 0.1) is 21.3 Å². The maximum Gasteiger partial charge on any atom is 0.197 e. The number of methoxy groups -OCH3 is 3. The van der Waals surface area contributed by atoms with Crippen LogP contribution in [0.2, 0.25) is 0 Å². The highest BCUT2D eigenvalue weighted by molar-refractivity contribution is 5.53. The van der Waals surface area contributed by atoms with Gasteiger partial charge in [0.1, 0.15) is 5.75 Å². The van der Waals surface area contributed by atoms with E-state index in [9.17, 15) is 0 Å². The van der Waals surface area contributed by atoms with Gasteiger partial charge in [-0.25, -0.2) is 4.39 Å². The zero-order chi connectivity index (χ0) is 18.7. The van der Waals surface area contributed by atoms with Crippen LogP contribution < -0.4 is 14.2 Å². The number of rotatable bonds is 6. The third-order valence-electron chi connectivity index (χ3n) is 4.85. The summed E-state index contributed by atoms with van der Waals surface area (Å²) in [5.74, 6) is 1.04. The highest BCUT2D eigenvalue weighted by Crippen LogP contribution is 2.42. The first-order chi connectivity index (χ1) is 12.6. The van der Waals surface area contributed by atoms with E-state index in [-0.39, 0.29) is 17.5 Å². The van der Waals surface area contributed by atoms with Crippen molar-refractivity contribution in [3.05, 3.63) is 65.5 Å². The van der Waals surface area contributed by atoms with E-state index in [1.807, 2.05) is 36.4 Å². The molecular weight excluding hydrogens is 333 g/mol. The largest absolute Gasteiger partial charge is 0.497 e. The van der Waals surface area contributed by atoms with E-state index in [2.05, 4.69) is 11.5 Å². The second-order valence-corrected chi connectivity index (χ2v) is 6.30. The van der Waals surface area contributed by atoms with Crippen LogP contribution in [0, 0.1) is 5.82 Å². The Bertz CT molecular complexity index is 789. The van der Waals surface area contributed by atoms with E-state index in [0.29, 0.717) is 24.4 Å². The predicted molar refractivity (Wildman–Crippen MR) is 99.8 cm³/mol. The Hall–Kier alpha value is -2.53. The number of ether oxygens (including phenoxy) is 3. The van der Waals surface area contributed by atoms with Crippen molar-refractivity contribution in [3.63, 3.8) is 0 Å².